The molecule has 0 spiro atoms. The minimum atomic E-state index is -0.173. The number of nitrogens with zero attached hydrogens (tertiary/aromatic N) is 1. The van der Waals surface area contributed by atoms with Gasteiger partial charge in [0.2, 0.25) is 0 Å². The highest BCUT2D eigenvalue weighted by molar-refractivity contribution is 5.82. The topological polar surface area (TPSA) is 84.0 Å². The number of ketones is 2. The van der Waals surface area contributed by atoms with E-state index in [1.807, 2.05) is 112 Å². The molecule has 0 aliphatic heterocycles. The molecule has 4 aromatic rings. The van der Waals surface area contributed by atoms with Gasteiger partial charge in [0.05, 0.1) is 25.1 Å². The molecule has 0 aliphatic carbocycles. The fourth-order valence-electron chi connectivity index (χ4n) is 4.17. The van der Waals surface area contributed by atoms with E-state index in [1.165, 1.54) is 0 Å². The Labute approximate surface area is 253 Å². The monoisotopic (exact) mass is 581 g/mol. The predicted octanol–water partition coefficient (Wildman–Crippen LogP) is 7.13. The molecule has 1 atom stereocenters. The SMILES string of the molecule is CC(C)C(=O)COCc1ccc(Oc2ccc(CC(C)C(=O)COCCOc3ccc(-c4ccccc4)nc3)cc2)cc1. The molecule has 0 saturated carbocycles. The van der Waals surface area contributed by atoms with Crippen LogP contribution in [0.2, 0.25) is 0 Å². The van der Waals surface area contributed by atoms with E-state index < -0.39 is 0 Å². The van der Waals surface area contributed by atoms with Crippen LogP contribution in [0, 0.1) is 11.8 Å². The van der Waals surface area contributed by atoms with Crippen molar-refractivity contribution in [3.05, 3.63) is 108 Å². The van der Waals surface area contributed by atoms with E-state index in [2.05, 4.69) is 4.98 Å². The fourth-order valence-corrected chi connectivity index (χ4v) is 4.17. The quantitative estimate of drug-likeness (QED) is 0.123. The second-order valence-corrected chi connectivity index (χ2v) is 10.7. The van der Waals surface area contributed by atoms with Crippen LogP contribution in [0.5, 0.6) is 17.2 Å². The molecule has 3 aromatic carbocycles. The highest BCUT2D eigenvalue weighted by Gasteiger charge is 2.14. The summed E-state index contributed by atoms with van der Waals surface area (Å²) in [6, 6.07) is 29.1. The molecule has 0 amide bonds. The fraction of sp³-hybridized carbons (Fsp3) is 0.306. The van der Waals surface area contributed by atoms with Gasteiger partial charge in [-0.2, -0.15) is 0 Å². The van der Waals surface area contributed by atoms with Gasteiger partial charge in [-0.3, -0.25) is 14.6 Å². The number of carbonyl (C=O) groups excluding carboxylic acids is 2. The standard InChI is InChI=1S/C36H39NO6/c1-26(2)35(38)24-41-23-29-11-15-32(16-12-29)43-31-13-9-28(10-14-31)21-27(3)36(39)25-40-19-20-42-33-17-18-34(37-22-33)30-7-5-4-6-8-30/h4-18,22,26-27H,19-21,23-25H2,1-3H3. The minimum absolute atomic E-state index is 0.0234. The molecule has 0 aliphatic rings. The highest BCUT2D eigenvalue weighted by Crippen LogP contribution is 2.23. The molecule has 7 nitrogen and oxygen atoms in total. The van der Waals surface area contributed by atoms with Crippen LogP contribution in [-0.4, -0.2) is 43.0 Å². The third-order valence-electron chi connectivity index (χ3n) is 6.88. The van der Waals surface area contributed by atoms with E-state index in [-0.39, 0.29) is 36.6 Å². The number of hydrogen-bond acceptors (Lipinski definition) is 7. The van der Waals surface area contributed by atoms with Crippen molar-refractivity contribution in [2.75, 3.05) is 26.4 Å². The lowest BCUT2D eigenvalue weighted by molar-refractivity contribution is -0.127. The smallest absolute Gasteiger partial charge is 0.161 e. The lowest BCUT2D eigenvalue weighted by Crippen LogP contribution is -2.21. The maximum atomic E-state index is 12.6. The molecular weight excluding hydrogens is 542 g/mol. The van der Waals surface area contributed by atoms with Gasteiger partial charge in [-0.1, -0.05) is 75.4 Å². The van der Waals surface area contributed by atoms with Gasteiger partial charge in [-0.15, -0.1) is 0 Å². The molecule has 0 fully saturated rings. The molecule has 1 unspecified atom stereocenters. The summed E-state index contributed by atoms with van der Waals surface area (Å²) < 4.78 is 22.7. The lowest BCUT2D eigenvalue weighted by Gasteiger charge is -2.12. The van der Waals surface area contributed by atoms with Gasteiger partial charge in [-0.25, -0.2) is 0 Å². The largest absolute Gasteiger partial charge is 0.490 e. The summed E-state index contributed by atoms with van der Waals surface area (Å²) in [7, 11) is 0. The van der Waals surface area contributed by atoms with E-state index in [0.29, 0.717) is 43.5 Å². The van der Waals surface area contributed by atoms with Crippen LogP contribution in [-0.2, 0) is 32.1 Å². The lowest BCUT2D eigenvalue weighted by atomic mass is 9.97. The van der Waals surface area contributed by atoms with Gasteiger partial charge in [0.15, 0.2) is 11.6 Å². The molecule has 0 bridgehead atoms. The highest BCUT2D eigenvalue weighted by atomic mass is 16.5. The van der Waals surface area contributed by atoms with Gasteiger partial charge in [0.1, 0.15) is 37.1 Å². The van der Waals surface area contributed by atoms with Crippen molar-refractivity contribution in [3.63, 3.8) is 0 Å². The van der Waals surface area contributed by atoms with Crippen LogP contribution in [0.15, 0.2) is 97.2 Å². The van der Waals surface area contributed by atoms with Crippen molar-refractivity contribution in [3.8, 4) is 28.5 Å². The number of hydrogen-bond donors (Lipinski definition) is 0. The average molecular weight is 582 g/mol. The number of benzene rings is 3. The molecule has 0 N–H and O–H groups in total. The van der Waals surface area contributed by atoms with E-state index in [0.717, 1.165) is 22.4 Å². The zero-order valence-corrected chi connectivity index (χ0v) is 25.0. The Bertz CT molecular complexity index is 1420. The minimum Gasteiger partial charge on any atom is -0.490 e. The molecule has 1 heterocycles. The Hall–Kier alpha value is -4.33. The normalized spacial score (nSPS) is 11.7. The third kappa shape index (κ3) is 10.5. The van der Waals surface area contributed by atoms with E-state index in [9.17, 15) is 9.59 Å². The zero-order valence-electron chi connectivity index (χ0n) is 25.0. The van der Waals surface area contributed by atoms with Crippen molar-refractivity contribution >= 4 is 11.6 Å². The van der Waals surface area contributed by atoms with Crippen LogP contribution in [0.25, 0.3) is 11.3 Å². The Morgan fingerprint density at radius 2 is 1.30 bits per heavy atom. The van der Waals surface area contributed by atoms with Crippen molar-refractivity contribution in [1.82, 2.24) is 4.98 Å². The molecule has 1 aromatic heterocycles. The summed E-state index contributed by atoms with van der Waals surface area (Å²) in [5.41, 5.74) is 3.96. The maximum absolute atomic E-state index is 12.6. The summed E-state index contributed by atoms with van der Waals surface area (Å²) in [6.45, 7) is 6.85. The second kappa shape index (κ2) is 16.3. The molecule has 0 saturated heterocycles. The van der Waals surface area contributed by atoms with Crippen LogP contribution in [0.1, 0.15) is 31.9 Å². The summed E-state index contributed by atoms with van der Waals surface area (Å²) in [6.07, 6.45) is 2.31. The van der Waals surface area contributed by atoms with Gasteiger partial charge >= 0.3 is 0 Å². The number of pyridine rings is 1. The summed E-state index contributed by atoms with van der Waals surface area (Å²) in [4.78, 5) is 28.7. The van der Waals surface area contributed by atoms with Crippen LogP contribution in [0.4, 0.5) is 0 Å². The van der Waals surface area contributed by atoms with E-state index in [1.54, 1.807) is 6.20 Å². The Kier molecular flexibility index (Phi) is 12.0. The molecule has 4 rings (SSSR count). The average Bonchev–Trinajstić information content (AvgIpc) is 3.03. The van der Waals surface area contributed by atoms with Crippen LogP contribution in [0.3, 0.4) is 0 Å². The van der Waals surface area contributed by atoms with Gasteiger partial charge in [-0.05, 0) is 53.9 Å². The number of ether oxygens (including phenoxy) is 4. The van der Waals surface area contributed by atoms with Gasteiger partial charge in [0.25, 0.3) is 0 Å². The molecule has 43 heavy (non-hydrogen) atoms. The first-order valence-electron chi connectivity index (χ1n) is 14.6. The van der Waals surface area contributed by atoms with Crippen molar-refractivity contribution in [1.29, 1.82) is 0 Å². The van der Waals surface area contributed by atoms with Gasteiger partial charge < -0.3 is 18.9 Å². The van der Waals surface area contributed by atoms with Crippen LogP contribution >= 0.6 is 0 Å². The summed E-state index contributed by atoms with van der Waals surface area (Å²) in [5, 5.41) is 0. The first-order chi connectivity index (χ1) is 20.9. The van der Waals surface area contributed by atoms with Crippen molar-refractivity contribution in [2.24, 2.45) is 11.8 Å². The maximum Gasteiger partial charge on any atom is 0.161 e. The third-order valence-corrected chi connectivity index (χ3v) is 6.88. The molecular formula is C36H39NO6. The van der Waals surface area contributed by atoms with E-state index in [4.69, 9.17) is 18.9 Å². The first kappa shape index (κ1) is 31.6. The Morgan fingerprint density at radius 1 is 0.674 bits per heavy atom. The first-order valence-corrected chi connectivity index (χ1v) is 14.6. The Balaban J connectivity index is 1.12. The van der Waals surface area contributed by atoms with Crippen molar-refractivity contribution < 1.29 is 28.5 Å². The number of rotatable bonds is 17. The van der Waals surface area contributed by atoms with E-state index >= 15 is 0 Å². The summed E-state index contributed by atoms with van der Waals surface area (Å²) in [5.74, 6) is 2.02. The summed E-state index contributed by atoms with van der Waals surface area (Å²) >= 11 is 0. The molecule has 0 radical (unpaired) electrons. The van der Waals surface area contributed by atoms with Crippen LogP contribution < -0.4 is 9.47 Å². The predicted molar refractivity (Wildman–Crippen MR) is 166 cm³/mol. The molecule has 7 heteroatoms. The van der Waals surface area contributed by atoms with Crippen molar-refractivity contribution in [2.45, 2.75) is 33.8 Å². The number of aromatic nitrogens is 1. The zero-order chi connectivity index (χ0) is 30.4. The second-order valence-electron chi connectivity index (χ2n) is 10.7. The van der Waals surface area contributed by atoms with Gasteiger partial charge in [0, 0.05) is 17.4 Å². The molecule has 224 valence electrons. The number of carbonyl (C=O) groups is 2. The Morgan fingerprint density at radius 3 is 1.93 bits per heavy atom. The number of Topliss-reactive ketones (excluding diaryl/α,β-unsaturated/α-hetero) is 2.